The highest BCUT2D eigenvalue weighted by Gasteiger charge is 2.40. The van der Waals surface area contributed by atoms with Gasteiger partial charge in [-0.1, -0.05) is 26.0 Å². The van der Waals surface area contributed by atoms with E-state index in [1.807, 2.05) is 0 Å². The second-order valence-corrected chi connectivity index (χ2v) is 10.6. The minimum atomic E-state index is 0.324. The van der Waals surface area contributed by atoms with Crippen LogP contribution in [0, 0.1) is 11.8 Å². The van der Waals surface area contributed by atoms with Crippen LogP contribution < -0.4 is 24.3 Å². The quantitative estimate of drug-likeness (QED) is 0.454. The maximum atomic E-state index is 5.90. The zero-order valence-corrected chi connectivity index (χ0v) is 22.8. The Hall–Kier alpha value is -2.70. The van der Waals surface area contributed by atoms with Crippen LogP contribution in [0.4, 0.5) is 0 Å². The van der Waals surface area contributed by atoms with E-state index in [0.29, 0.717) is 30.5 Å². The lowest BCUT2D eigenvalue weighted by atomic mass is 9.72. The normalized spacial score (nSPS) is 24.9. The smallest absolute Gasteiger partial charge is 0.161 e. The average molecular weight is 507 g/mol. The summed E-state index contributed by atoms with van der Waals surface area (Å²) in [5.74, 6) is 4.62. The van der Waals surface area contributed by atoms with Crippen molar-refractivity contribution in [2.45, 2.75) is 51.1 Å². The Bertz CT molecular complexity index is 1120. The van der Waals surface area contributed by atoms with Crippen molar-refractivity contribution < 1.29 is 18.9 Å². The minimum absolute atomic E-state index is 0.324. The number of rotatable bonds is 9. The summed E-state index contributed by atoms with van der Waals surface area (Å²) in [5, 5.41) is 3.84. The van der Waals surface area contributed by atoms with E-state index in [4.69, 9.17) is 18.9 Å². The highest BCUT2D eigenvalue weighted by atomic mass is 16.5. The molecule has 6 heteroatoms. The molecule has 3 heterocycles. The lowest BCUT2D eigenvalue weighted by molar-refractivity contribution is 0.0434. The SMILES string of the molecule is C=CCOc1cc2c(cc1OC)[C@@H](C[C@H]1C[C@H]3c4cc(OC)c(OC)cc4CCN3C[C@@H]1CC)NCC2. The van der Waals surface area contributed by atoms with Crippen LogP contribution in [0.2, 0.25) is 0 Å². The third-order valence-corrected chi connectivity index (χ3v) is 8.78. The molecule has 0 unspecified atom stereocenters. The molecular formula is C31H42N2O4. The maximum Gasteiger partial charge on any atom is 0.161 e. The summed E-state index contributed by atoms with van der Waals surface area (Å²) in [7, 11) is 5.18. The van der Waals surface area contributed by atoms with Crippen LogP contribution in [0.5, 0.6) is 23.0 Å². The Morgan fingerprint density at radius 2 is 1.59 bits per heavy atom. The summed E-state index contributed by atoms with van der Waals surface area (Å²) < 4.78 is 22.9. The van der Waals surface area contributed by atoms with Crippen LogP contribution in [0.15, 0.2) is 36.9 Å². The number of hydrogen-bond acceptors (Lipinski definition) is 6. The third kappa shape index (κ3) is 5.06. The van der Waals surface area contributed by atoms with Crippen molar-refractivity contribution in [2.24, 2.45) is 11.8 Å². The minimum Gasteiger partial charge on any atom is -0.493 e. The van der Waals surface area contributed by atoms with E-state index in [1.54, 1.807) is 27.4 Å². The monoisotopic (exact) mass is 506 g/mol. The van der Waals surface area contributed by atoms with Gasteiger partial charge in [-0.25, -0.2) is 0 Å². The summed E-state index contributed by atoms with van der Waals surface area (Å²) in [4.78, 5) is 2.72. The number of nitrogens with one attached hydrogen (secondary N) is 1. The Morgan fingerprint density at radius 1 is 0.919 bits per heavy atom. The topological polar surface area (TPSA) is 52.2 Å². The zero-order valence-electron chi connectivity index (χ0n) is 22.8. The molecule has 200 valence electrons. The standard InChI is InChI=1S/C31H42N2O4/c1-6-12-37-31-16-21-8-10-32-26(24(21)17-30(31)36-5)13-23-14-27-25-18-29(35-4)28(34-3)15-22(25)9-11-33(27)19-20(23)7-2/h6,15-18,20,23,26-27,32H,1,7-14,19H2,2-5H3/t20-,23-,26+,27-/m0/s1. The summed E-state index contributed by atoms with van der Waals surface area (Å²) in [5.41, 5.74) is 5.56. The molecule has 0 radical (unpaired) electrons. The van der Waals surface area contributed by atoms with Gasteiger partial charge in [0.15, 0.2) is 23.0 Å². The molecule has 0 aromatic heterocycles. The van der Waals surface area contributed by atoms with Gasteiger partial charge in [0.2, 0.25) is 0 Å². The first-order valence-corrected chi connectivity index (χ1v) is 13.8. The number of methoxy groups -OCH3 is 3. The van der Waals surface area contributed by atoms with Crippen molar-refractivity contribution in [2.75, 3.05) is 47.6 Å². The molecule has 0 aliphatic carbocycles. The molecule has 37 heavy (non-hydrogen) atoms. The summed E-state index contributed by atoms with van der Waals surface area (Å²) in [6.45, 7) is 9.89. The Kier molecular flexibility index (Phi) is 7.96. The third-order valence-electron chi connectivity index (χ3n) is 8.78. The lowest BCUT2D eigenvalue weighted by Gasteiger charge is -2.48. The van der Waals surface area contributed by atoms with Gasteiger partial charge in [0.1, 0.15) is 6.61 Å². The molecule has 0 saturated carbocycles. The van der Waals surface area contributed by atoms with Gasteiger partial charge in [0, 0.05) is 25.2 Å². The van der Waals surface area contributed by atoms with E-state index in [9.17, 15) is 0 Å². The molecule has 3 aliphatic heterocycles. The fourth-order valence-corrected chi connectivity index (χ4v) is 6.84. The maximum absolute atomic E-state index is 5.90. The summed E-state index contributed by atoms with van der Waals surface area (Å²) in [6, 6.07) is 9.58. The molecule has 6 nitrogen and oxygen atoms in total. The van der Waals surface area contributed by atoms with Gasteiger partial charge in [0.05, 0.1) is 21.3 Å². The van der Waals surface area contributed by atoms with Gasteiger partial charge in [-0.05, 0) is 90.6 Å². The van der Waals surface area contributed by atoms with Gasteiger partial charge in [-0.2, -0.15) is 0 Å². The lowest BCUT2D eigenvalue weighted by Crippen LogP contribution is -2.46. The van der Waals surface area contributed by atoms with Crippen LogP contribution >= 0.6 is 0 Å². The molecule has 3 aliphatic rings. The van der Waals surface area contributed by atoms with Gasteiger partial charge < -0.3 is 24.3 Å². The van der Waals surface area contributed by atoms with Crippen LogP contribution in [0.1, 0.15) is 60.5 Å². The largest absolute Gasteiger partial charge is 0.493 e. The molecule has 1 fully saturated rings. The van der Waals surface area contributed by atoms with E-state index in [-0.39, 0.29) is 0 Å². The Labute approximate surface area is 221 Å². The van der Waals surface area contributed by atoms with Gasteiger partial charge in [-0.15, -0.1) is 0 Å². The van der Waals surface area contributed by atoms with Crippen LogP contribution in [0.3, 0.4) is 0 Å². The summed E-state index contributed by atoms with van der Waals surface area (Å²) >= 11 is 0. The predicted octanol–water partition coefficient (Wildman–Crippen LogP) is 5.50. The van der Waals surface area contributed by atoms with Crippen molar-refractivity contribution in [1.29, 1.82) is 0 Å². The average Bonchev–Trinajstić information content (AvgIpc) is 2.94. The van der Waals surface area contributed by atoms with E-state index >= 15 is 0 Å². The molecule has 0 bridgehead atoms. The first-order chi connectivity index (χ1) is 18.1. The molecule has 5 rings (SSSR count). The fourth-order valence-electron chi connectivity index (χ4n) is 6.84. The first kappa shape index (κ1) is 25.9. The second kappa shape index (κ2) is 11.4. The van der Waals surface area contributed by atoms with Gasteiger partial charge in [-0.3, -0.25) is 4.90 Å². The number of nitrogens with zero attached hydrogens (tertiary/aromatic N) is 1. The van der Waals surface area contributed by atoms with Crippen molar-refractivity contribution in [1.82, 2.24) is 10.2 Å². The molecule has 0 amide bonds. The van der Waals surface area contributed by atoms with Crippen LogP contribution in [-0.2, 0) is 12.8 Å². The van der Waals surface area contributed by atoms with Crippen molar-refractivity contribution in [3.05, 3.63) is 59.2 Å². The summed E-state index contributed by atoms with van der Waals surface area (Å²) in [6.07, 6.45) is 7.37. The van der Waals surface area contributed by atoms with Crippen molar-refractivity contribution in [3.8, 4) is 23.0 Å². The Balaban J connectivity index is 1.41. The Morgan fingerprint density at radius 3 is 2.32 bits per heavy atom. The fraction of sp³-hybridized carbons (Fsp3) is 0.548. The molecule has 1 N–H and O–H groups in total. The molecular weight excluding hydrogens is 464 g/mol. The number of piperidine rings is 1. The molecule has 4 atom stereocenters. The highest BCUT2D eigenvalue weighted by molar-refractivity contribution is 5.51. The van der Waals surface area contributed by atoms with Crippen LogP contribution in [-0.4, -0.2) is 52.5 Å². The van der Waals surface area contributed by atoms with Gasteiger partial charge in [0.25, 0.3) is 0 Å². The first-order valence-electron chi connectivity index (χ1n) is 13.8. The molecule has 2 aromatic carbocycles. The number of fused-ring (bicyclic) bond motifs is 4. The predicted molar refractivity (Wildman–Crippen MR) is 147 cm³/mol. The molecule has 2 aromatic rings. The van der Waals surface area contributed by atoms with Crippen LogP contribution in [0.25, 0.3) is 0 Å². The van der Waals surface area contributed by atoms with Gasteiger partial charge >= 0.3 is 0 Å². The molecule has 0 spiro atoms. The van der Waals surface area contributed by atoms with Crippen molar-refractivity contribution in [3.63, 3.8) is 0 Å². The number of hydrogen-bond donors (Lipinski definition) is 1. The number of benzene rings is 2. The second-order valence-electron chi connectivity index (χ2n) is 10.6. The van der Waals surface area contributed by atoms with E-state index < -0.39 is 0 Å². The zero-order chi connectivity index (χ0) is 25.9. The van der Waals surface area contributed by atoms with E-state index in [0.717, 1.165) is 61.9 Å². The molecule has 1 saturated heterocycles. The highest BCUT2D eigenvalue weighted by Crippen LogP contribution is 2.48. The van der Waals surface area contributed by atoms with E-state index in [2.05, 4.69) is 48.0 Å². The van der Waals surface area contributed by atoms with Crippen molar-refractivity contribution >= 4 is 0 Å². The van der Waals surface area contributed by atoms with E-state index in [1.165, 1.54) is 35.1 Å². The number of ether oxygens (including phenoxy) is 4.